The zero-order chi connectivity index (χ0) is 12.8. The fourth-order valence-electron chi connectivity index (χ4n) is 1.51. The van der Waals surface area contributed by atoms with E-state index in [1.807, 2.05) is 44.2 Å². The number of nitrogens with one attached hydrogen (secondary N) is 1. The highest BCUT2D eigenvalue weighted by Crippen LogP contribution is 2.14. The van der Waals surface area contributed by atoms with E-state index in [2.05, 4.69) is 11.9 Å². The molecule has 0 spiro atoms. The minimum absolute atomic E-state index is 0.0127. The average Bonchev–Trinajstić information content (AvgIpc) is 2.35. The SMILES string of the molecule is C=CC(NC(=O)C(C)C)C(N)c1ccccc1. The van der Waals surface area contributed by atoms with E-state index in [-0.39, 0.29) is 23.9 Å². The first-order chi connectivity index (χ1) is 8.06. The molecule has 0 radical (unpaired) electrons. The molecule has 3 heteroatoms. The smallest absolute Gasteiger partial charge is 0.223 e. The van der Waals surface area contributed by atoms with Crippen molar-refractivity contribution in [2.45, 2.75) is 25.9 Å². The number of amides is 1. The molecule has 0 aliphatic rings. The highest BCUT2D eigenvalue weighted by molar-refractivity contribution is 5.78. The van der Waals surface area contributed by atoms with Gasteiger partial charge >= 0.3 is 0 Å². The second-order valence-electron chi connectivity index (χ2n) is 4.36. The second-order valence-corrected chi connectivity index (χ2v) is 4.36. The molecule has 92 valence electrons. The highest BCUT2D eigenvalue weighted by atomic mass is 16.1. The summed E-state index contributed by atoms with van der Waals surface area (Å²) in [5.74, 6) is -0.0679. The summed E-state index contributed by atoms with van der Waals surface area (Å²) in [5, 5.41) is 2.88. The number of hydrogen-bond acceptors (Lipinski definition) is 2. The molecule has 0 saturated carbocycles. The first kappa shape index (κ1) is 13.5. The van der Waals surface area contributed by atoms with Crippen LogP contribution < -0.4 is 11.1 Å². The molecule has 3 nitrogen and oxygen atoms in total. The van der Waals surface area contributed by atoms with Crippen LogP contribution in [0, 0.1) is 5.92 Å². The number of rotatable bonds is 5. The summed E-state index contributed by atoms with van der Waals surface area (Å²) in [6.45, 7) is 7.43. The number of carbonyl (C=O) groups is 1. The molecular weight excluding hydrogens is 212 g/mol. The largest absolute Gasteiger partial charge is 0.348 e. The zero-order valence-electron chi connectivity index (χ0n) is 10.4. The lowest BCUT2D eigenvalue weighted by Crippen LogP contribution is -2.42. The van der Waals surface area contributed by atoms with Crippen molar-refractivity contribution >= 4 is 5.91 Å². The monoisotopic (exact) mass is 232 g/mol. The standard InChI is InChI=1S/C14H20N2O/c1-4-12(16-14(17)10(2)3)13(15)11-8-6-5-7-9-11/h4-10,12-13H,1,15H2,2-3H3,(H,16,17). The Hall–Kier alpha value is -1.61. The maximum absolute atomic E-state index is 11.6. The normalized spacial score (nSPS) is 14.1. The molecule has 0 aliphatic heterocycles. The van der Waals surface area contributed by atoms with Crippen molar-refractivity contribution in [1.82, 2.24) is 5.32 Å². The number of benzene rings is 1. The van der Waals surface area contributed by atoms with E-state index >= 15 is 0 Å². The van der Waals surface area contributed by atoms with Crippen molar-refractivity contribution in [3.8, 4) is 0 Å². The van der Waals surface area contributed by atoms with Gasteiger partial charge in [0, 0.05) is 5.92 Å². The van der Waals surface area contributed by atoms with Crippen LogP contribution in [0.15, 0.2) is 43.0 Å². The minimum Gasteiger partial charge on any atom is -0.348 e. The van der Waals surface area contributed by atoms with Crippen LogP contribution in [0.5, 0.6) is 0 Å². The predicted octanol–water partition coefficient (Wildman–Crippen LogP) is 2.01. The molecule has 1 amide bonds. The van der Waals surface area contributed by atoms with E-state index in [1.54, 1.807) is 6.08 Å². The Kier molecular flexibility index (Phi) is 4.91. The first-order valence-corrected chi connectivity index (χ1v) is 5.79. The molecule has 17 heavy (non-hydrogen) atoms. The Balaban J connectivity index is 2.74. The van der Waals surface area contributed by atoms with Gasteiger partial charge in [-0.2, -0.15) is 0 Å². The quantitative estimate of drug-likeness (QED) is 0.763. The van der Waals surface area contributed by atoms with Crippen LogP contribution in [0.25, 0.3) is 0 Å². The molecule has 1 aromatic carbocycles. The molecule has 3 N–H and O–H groups in total. The maximum Gasteiger partial charge on any atom is 0.223 e. The van der Waals surface area contributed by atoms with E-state index in [0.717, 1.165) is 5.56 Å². The Morgan fingerprint density at radius 1 is 1.35 bits per heavy atom. The Bertz CT molecular complexity index is 373. The third kappa shape index (κ3) is 3.71. The Labute approximate surface area is 103 Å². The van der Waals surface area contributed by atoms with Gasteiger partial charge in [0.05, 0.1) is 12.1 Å². The average molecular weight is 232 g/mol. The van der Waals surface area contributed by atoms with Gasteiger partial charge in [0.2, 0.25) is 5.91 Å². The Morgan fingerprint density at radius 3 is 2.41 bits per heavy atom. The summed E-state index contributed by atoms with van der Waals surface area (Å²) in [5.41, 5.74) is 7.10. The Morgan fingerprint density at radius 2 is 1.94 bits per heavy atom. The van der Waals surface area contributed by atoms with Gasteiger partial charge in [-0.3, -0.25) is 4.79 Å². The molecule has 1 aromatic rings. The van der Waals surface area contributed by atoms with Crippen LogP contribution in [-0.2, 0) is 4.79 Å². The number of nitrogens with two attached hydrogens (primary N) is 1. The summed E-state index contributed by atoms with van der Waals surface area (Å²) >= 11 is 0. The van der Waals surface area contributed by atoms with Crippen LogP contribution >= 0.6 is 0 Å². The fourth-order valence-corrected chi connectivity index (χ4v) is 1.51. The minimum atomic E-state index is -0.267. The van der Waals surface area contributed by atoms with Crippen LogP contribution in [0.2, 0.25) is 0 Å². The van der Waals surface area contributed by atoms with E-state index in [4.69, 9.17) is 5.73 Å². The molecule has 0 aromatic heterocycles. The summed E-state index contributed by atoms with van der Waals surface area (Å²) in [4.78, 5) is 11.6. The van der Waals surface area contributed by atoms with Crippen molar-refractivity contribution in [3.05, 3.63) is 48.6 Å². The molecule has 0 saturated heterocycles. The van der Waals surface area contributed by atoms with Crippen LogP contribution in [0.3, 0.4) is 0 Å². The molecule has 2 unspecified atom stereocenters. The van der Waals surface area contributed by atoms with E-state index < -0.39 is 0 Å². The summed E-state index contributed by atoms with van der Waals surface area (Å²) in [6.07, 6.45) is 1.68. The van der Waals surface area contributed by atoms with Gasteiger partial charge in [0.15, 0.2) is 0 Å². The summed E-state index contributed by atoms with van der Waals surface area (Å²) < 4.78 is 0. The van der Waals surface area contributed by atoms with Crippen molar-refractivity contribution in [1.29, 1.82) is 0 Å². The highest BCUT2D eigenvalue weighted by Gasteiger charge is 2.19. The fraction of sp³-hybridized carbons (Fsp3) is 0.357. The molecule has 0 heterocycles. The predicted molar refractivity (Wildman–Crippen MR) is 70.3 cm³/mol. The van der Waals surface area contributed by atoms with Gasteiger partial charge in [-0.1, -0.05) is 50.3 Å². The molecule has 0 aliphatic carbocycles. The number of hydrogen-bond donors (Lipinski definition) is 2. The zero-order valence-corrected chi connectivity index (χ0v) is 10.4. The van der Waals surface area contributed by atoms with E-state index in [9.17, 15) is 4.79 Å². The molecular formula is C14H20N2O. The van der Waals surface area contributed by atoms with Gasteiger partial charge < -0.3 is 11.1 Å². The van der Waals surface area contributed by atoms with Crippen LogP contribution in [0.4, 0.5) is 0 Å². The number of carbonyl (C=O) groups excluding carboxylic acids is 1. The van der Waals surface area contributed by atoms with Crippen LogP contribution in [-0.4, -0.2) is 11.9 Å². The van der Waals surface area contributed by atoms with Gasteiger partial charge in [-0.05, 0) is 5.56 Å². The third-order valence-corrected chi connectivity index (χ3v) is 2.66. The lowest BCUT2D eigenvalue weighted by molar-refractivity contribution is -0.124. The molecule has 1 rings (SSSR count). The van der Waals surface area contributed by atoms with Crippen molar-refractivity contribution in [2.75, 3.05) is 0 Å². The van der Waals surface area contributed by atoms with E-state index in [0.29, 0.717) is 0 Å². The summed E-state index contributed by atoms with van der Waals surface area (Å²) in [7, 11) is 0. The van der Waals surface area contributed by atoms with Crippen molar-refractivity contribution in [3.63, 3.8) is 0 Å². The third-order valence-electron chi connectivity index (χ3n) is 2.66. The lowest BCUT2D eigenvalue weighted by atomic mass is 9.99. The molecule has 2 atom stereocenters. The second kappa shape index (κ2) is 6.21. The van der Waals surface area contributed by atoms with Gasteiger partial charge in [0.1, 0.15) is 0 Å². The van der Waals surface area contributed by atoms with Crippen LogP contribution in [0.1, 0.15) is 25.5 Å². The molecule has 0 bridgehead atoms. The van der Waals surface area contributed by atoms with Gasteiger partial charge in [-0.15, -0.1) is 6.58 Å². The van der Waals surface area contributed by atoms with Gasteiger partial charge in [-0.25, -0.2) is 0 Å². The molecule has 0 fully saturated rings. The maximum atomic E-state index is 11.6. The van der Waals surface area contributed by atoms with Crippen molar-refractivity contribution < 1.29 is 4.79 Å². The van der Waals surface area contributed by atoms with E-state index in [1.165, 1.54) is 0 Å². The lowest BCUT2D eigenvalue weighted by Gasteiger charge is -2.23. The topological polar surface area (TPSA) is 55.1 Å². The first-order valence-electron chi connectivity index (χ1n) is 5.79. The summed E-state index contributed by atoms with van der Waals surface area (Å²) in [6, 6.07) is 9.18. The van der Waals surface area contributed by atoms with Gasteiger partial charge in [0.25, 0.3) is 0 Å². The van der Waals surface area contributed by atoms with Crippen molar-refractivity contribution in [2.24, 2.45) is 11.7 Å².